The number of aliphatic imine (C=N–C) groups is 1. The van der Waals surface area contributed by atoms with Crippen LogP contribution in [0.25, 0.3) is 0 Å². The van der Waals surface area contributed by atoms with E-state index >= 15 is 0 Å². The highest BCUT2D eigenvalue weighted by Gasteiger charge is 2.38. The average Bonchev–Trinajstić information content (AvgIpc) is 3.27. The van der Waals surface area contributed by atoms with Crippen LogP contribution in [-0.2, 0) is 9.47 Å². The van der Waals surface area contributed by atoms with Gasteiger partial charge in [-0.2, -0.15) is 11.8 Å². The molecule has 28 heavy (non-hydrogen) atoms. The molecule has 0 spiro atoms. The van der Waals surface area contributed by atoms with Crippen molar-refractivity contribution in [1.82, 2.24) is 15.5 Å². The van der Waals surface area contributed by atoms with Gasteiger partial charge in [-0.15, -0.1) is 0 Å². The van der Waals surface area contributed by atoms with Crippen LogP contribution in [0.15, 0.2) is 4.99 Å². The van der Waals surface area contributed by atoms with Crippen molar-refractivity contribution in [1.29, 1.82) is 0 Å². The minimum atomic E-state index is 0.321. The van der Waals surface area contributed by atoms with Crippen LogP contribution in [0, 0.1) is 0 Å². The predicted octanol–water partition coefficient (Wildman–Crippen LogP) is 2.49. The van der Waals surface area contributed by atoms with Crippen LogP contribution in [0.1, 0.15) is 51.4 Å². The van der Waals surface area contributed by atoms with Crippen molar-refractivity contribution in [3.05, 3.63) is 0 Å². The number of hydrogen-bond acceptors (Lipinski definition) is 5. The highest BCUT2D eigenvalue weighted by Crippen LogP contribution is 2.34. The van der Waals surface area contributed by atoms with Gasteiger partial charge in [0, 0.05) is 63.5 Å². The number of thioether (sulfide) groups is 1. The largest absolute Gasteiger partial charge is 0.379 e. The summed E-state index contributed by atoms with van der Waals surface area (Å²) in [6.07, 6.45) is 10.4. The maximum atomic E-state index is 5.75. The molecule has 0 aromatic carbocycles. The van der Waals surface area contributed by atoms with Gasteiger partial charge >= 0.3 is 0 Å². The third kappa shape index (κ3) is 6.78. The van der Waals surface area contributed by atoms with Gasteiger partial charge in [-0.1, -0.05) is 19.3 Å². The quantitative estimate of drug-likeness (QED) is 0.345. The fourth-order valence-corrected chi connectivity index (χ4v) is 5.60. The van der Waals surface area contributed by atoms with Gasteiger partial charge in [-0.3, -0.25) is 9.89 Å². The molecule has 0 bridgehead atoms. The average molecular weight is 413 g/mol. The lowest BCUT2D eigenvalue weighted by atomic mass is 9.80. The second-order valence-corrected chi connectivity index (χ2v) is 9.53. The van der Waals surface area contributed by atoms with Crippen LogP contribution in [0.3, 0.4) is 0 Å². The molecule has 0 radical (unpaired) electrons. The second kappa shape index (κ2) is 12.3. The summed E-state index contributed by atoms with van der Waals surface area (Å²) >= 11 is 2.10. The van der Waals surface area contributed by atoms with E-state index in [4.69, 9.17) is 9.47 Å². The van der Waals surface area contributed by atoms with Crippen LogP contribution in [0.4, 0.5) is 0 Å². The maximum Gasteiger partial charge on any atom is 0.191 e. The monoisotopic (exact) mass is 412 g/mol. The molecule has 1 unspecified atom stereocenters. The molecule has 0 amide bonds. The summed E-state index contributed by atoms with van der Waals surface area (Å²) in [5, 5.41) is 7.11. The van der Waals surface area contributed by atoms with E-state index < -0.39 is 0 Å². The zero-order valence-corrected chi connectivity index (χ0v) is 18.5. The van der Waals surface area contributed by atoms with Crippen LogP contribution >= 0.6 is 11.8 Å². The summed E-state index contributed by atoms with van der Waals surface area (Å²) in [7, 11) is 1.87. The van der Waals surface area contributed by atoms with E-state index in [1.165, 1.54) is 63.1 Å². The van der Waals surface area contributed by atoms with Crippen molar-refractivity contribution >= 4 is 17.7 Å². The number of rotatable bonds is 9. The maximum absolute atomic E-state index is 5.75. The predicted molar refractivity (Wildman–Crippen MR) is 118 cm³/mol. The van der Waals surface area contributed by atoms with Gasteiger partial charge in [-0.25, -0.2) is 0 Å². The molecule has 7 heteroatoms. The summed E-state index contributed by atoms with van der Waals surface area (Å²) in [5.41, 5.74) is 0.321. The Morgan fingerprint density at radius 2 is 2.00 bits per heavy atom. The smallest absolute Gasteiger partial charge is 0.191 e. The molecule has 1 atom stereocenters. The van der Waals surface area contributed by atoms with E-state index in [2.05, 4.69) is 32.3 Å². The Bertz CT molecular complexity index is 459. The van der Waals surface area contributed by atoms with Crippen molar-refractivity contribution in [2.75, 3.05) is 64.6 Å². The Morgan fingerprint density at radius 3 is 2.71 bits per heavy atom. The molecular formula is C21H40N4O2S. The van der Waals surface area contributed by atoms with E-state index in [9.17, 15) is 0 Å². The van der Waals surface area contributed by atoms with Gasteiger partial charge in [0.25, 0.3) is 0 Å². The Hall–Kier alpha value is -0.500. The van der Waals surface area contributed by atoms with Crippen LogP contribution < -0.4 is 10.6 Å². The molecule has 0 aromatic rings. The first-order chi connectivity index (χ1) is 13.8. The van der Waals surface area contributed by atoms with Crippen LogP contribution in [0.5, 0.6) is 0 Å². The van der Waals surface area contributed by atoms with E-state index in [0.29, 0.717) is 11.6 Å². The summed E-state index contributed by atoms with van der Waals surface area (Å²) in [4.78, 5) is 7.21. The number of nitrogens with one attached hydrogen (secondary N) is 2. The van der Waals surface area contributed by atoms with Crippen molar-refractivity contribution in [2.45, 2.75) is 63.0 Å². The number of ether oxygens (including phenoxy) is 2. The van der Waals surface area contributed by atoms with Crippen molar-refractivity contribution in [3.63, 3.8) is 0 Å². The fraction of sp³-hybridized carbons (Fsp3) is 0.952. The molecule has 1 saturated carbocycles. The Morgan fingerprint density at radius 1 is 1.18 bits per heavy atom. The highest BCUT2D eigenvalue weighted by atomic mass is 32.2. The second-order valence-electron chi connectivity index (χ2n) is 8.30. The van der Waals surface area contributed by atoms with E-state index in [1.807, 2.05) is 7.05 Å². The van der Waals surface area contributed by atoms with Crippen molar-refractivity contribution in [2.24, 2.45) is 4.99 Å². The first-order valence-electron chi connectivity index (χ1n) is 11.3. The molecular weight excluding hydrogens is 372 g/mol. The molecule has 1 aliphatic carbocycles. The first-order valence-corrected chi connectivity index (χ1v) is 12.4. The summed E-state index contributed by atoms with van der Waals surface area (Å²) in [5.74, 6) is 3.48. The summed E-state index contributed by atoms with van der Waals surface area (Å²) in [6, 6.07) is 0. The van der Waals surface area contributed by atoms with Gasteiger partial charge in [0.1, 0.15) is 0 Å². The third-order valence-electron chi connectivity index (χ3n) is 6.36. The highest BCUT2D eigenvalue weighted by molar-refractivity contribution is 7.99. The molecule has 3 fully saturated rings. The van der Waals surface area contributed by atoms with Crippen LogP contribution in [-0.4, -0.2) is 87.1 Å². The third-order valence-corrected chi connectivity index (χ3v) is 7.30. The van der Waals surface area contributed by atoms with E-state index in [0.717, 1.165) is 51.7 Å². The molecule has 162 valence electrons. The lowest BCUT2D eigenvalue weighted by Gasteiger charge is -2.48. The van der Waals surface area contributed by atoms with Crippen molar-refractivity contribution < 1.29 is 9.47 Å². The van der Waals surface area contributed by atoms with Gasteiger partial charge in [-0.05, 0) is 32.1 Å². The minimum Gasteiger partial charge on any atom is -0.379 e. The lowest BCUT2D eigenvalue weighted by Crippen LogP contribution is -2.59. The molecule has 2 N–H and O–H groups in total. The number of guanidine groups is 1. The number of nitrogens with zero attached hydrogens (tertiary/aromatic N) is 2. The lowest BCUT2D eigenvalue weighted by molar-refractivity contribution is 0.0168. The van der Waals surface area contributed by atoms with E-state index in [-0.39, 0.29) is 0 Å². The van der Waals surface area contributed by atoms with E-state index in [1.54, 1.807) is 0 Å². The van der Waals surface area contributed by atoms with Crippen molar-refractivity contribution in [3.8, 4) is 0 Å². The van der Waals surface area contributed by atoms with Gasteiger partial charge in [0.2, 0.25) is 0 Å². The summed E-state index contributed by atoms with van der Waals surface area (Å²) in [6.45, 7) is 6.78. The molecule has 2 aliphatic heterocycles. The minimum absolute atomic E-state index is 0.321. The van der Waals surface area contributed by atoms with Gasteiger partial charge < -0.3 is 20.1 Å². The molecule has 6 nitrogen and oxygen atoms in total. The first kappa shape index (κ1) is 22.2. The molecule has 2 saturated heterocycles. The summed E-state index contributed by atoms with van der Waals surface area (Å²) < 4.78 is 11.3. The topological polar surface area (TPSA) is 58.1 Å². The molecule has 2 heterocycles. The molecule has 3 rings (SSSR count). The Kier molecular flexibility index (Phi) is 9.71. The van der Waals surface area contributed by atoms with Crippen LogP contribution in [0.2, 0.25) is 0 Å². The zero-order chi connectivity index (χ0) is 19.5. The Labute approximate surface area is 175 Å². The SMILES string of the molecule is CN=C(NCCCOCC1CCCO1)NCC1(N2CCSCC2)CCCCC1. The number of hydrogen-bond donors (Lipinski definition) is 2. The fourth-order valence-electron chi connectivity index (χ4n) is 4.69. The molecule has 3 aliphatic rings. The molecule has 0 aromatic heterocycles. The van der Waals surface area contributed by atoms with Gasteiger partial charge in [0.05, 0.1) is 12.7 Å². The standard InChI is InChI=1S/C21H40N4O2S/c1-22-20(23-10-6-13-26-17-19-7-5-14-27-19)24-18-21(8-3-2-4-9-21)25-11-15-28-16-12-25/h19H,2-18H2,1H3,(H2,22,23,24). The zero-order valence-electron chi connectivity index (χ0n) is 17.7. The Balaban J connectivity index is 1.35. The normalized spacial score (nSPS) is 26.3. The van der Waals surface area contributed by atoms with Gasteiger partial charge in [0.15, 0.2) is 5.96 Å².